The number of aromatic nitrogens is 3. The third kappa shape index (κ3) is 2.54. The van der Waals surface area contributed by atoms with E-state index in [2.05, 4.69) is 43.1 Å². The van der Waals surface area contributed by atoms with Gasteiger partial charge >= 0.3 is 0 Å². The fourth-order valence-electron chi connectivity index (χ4n) is 2.23. The minimum atomic E-state index is 0. The second-order valence-electron chi connectivity index (χ2n) is 4.68. The molecule has 0 aliphatic heterocycles. The molecule has 3 nitrogen and oxygen atoms in total. The maximum absolute atomic E-state index is 4.74. The molecule has 0 bridgehead atoms. The number of pyridine rings is 1. The Labute approximate surface area is 104 Å². The van der Waals surface area contributed by atoms with Crippen LogP contribution in [0.4, 0.5) is 0 Å². The van der Waals surface area contributed by atoms with Crippen molar-refractivity contribution in [2.75, 3.05) is 0 Å². The van der Waals surface area contributed by atoms with E-state index in [4.69, 9.17) is 4.98 Å². The molecule has 0 aromatic carbocycles. The van der Waals surface area contributed by atoms with Crippen molar-refractivity contribution >= 4 is 0 Å². The molecule has 2 rings (SSSR count). The van der Waals surface area contributed by atoms with Gasteiger partial charge in [0, 0.05) is 19.2 Å². The van der Waals surface area contributed by atoms with Crippen LogP contribution in [0.1, 0.15) is 40.2 Å². The van der Waals surface area contributed by atoms with Crippen LogP contribution in [0.15, 0.2) is 30.5 Å². The predicted octanol–water partition coefficient (Wildman–Crippen LogP) is 3.87. The predicted molar refractivity (Wildman–Crippen MR) is 71.8 cm³/mol. The Morgan fingerprint density at radius 2 is 2.12 bits per heavy atom. The zero-order valence-electron chi connectivity index (χ0n) is 10.6. The quantitative estimate of drug-likeness (QED) is 0.868. The van der Waals surface area contributed by atoms with Gasteiger partial charge in [0.1, 0.15) is 0 Å². The van der Waals surface area contributed by atoms with E-state index in [1.54, 1.807) is 6.20 Å². The van der Waals surface area contributed by atoms with Gasteiger partial charge in [0.2, 0.25) is 0 Å². The van der Waals surface area contributed by atoms with Crippen molar-refractivity contribution < 1.29 is 1.43 Å². The Kier molecular flexibility index (Phi) is 3.57. The van der Waals surface area contributed by atoms with Crippen molar-refractivity contribution in [3.8, 4) is 11.4 Å². The minimum absolute atomic E-state index is 0. The van der Waals surface area contributed by atoms with Gasteiger partial charge in [-0.1, -0.05) is 26.8 Å². The Morgan fingerprint density at radius 3 is 2.71 bits per heavy atom. The van der Waals surface area contributed by atoms with Gasteiger partial charge in [0.05, 0.1) is 11.4 Å². The van der Waals surface area contributed by atoms with Crippen LogP contribution < -0.4 is 0 Å². The zero-order valence-corrected chi connectivity index (χ0v) is 10.6. The van der Waals surface area contributed by atoms with Gasteiger partial charge in [-0.15, -0.1) is 0 Å². The number of nitrogens with one attached hydrogen (secondary N) is 1. The third-order valence-corrected chi connectivity index (χ3v) is 3.17. The Bertz CT molecular complexity index is 466. The van der Waals surface area contributed by atoms with Gasteiger partial charge in [-0.05, 0) is 30.5 Å². The van der Waals surface area contributed by atoms with Crippen LogP contribution in [0, 0.1) is 5.92 Å². The molecule has 2 heterocycles. The molecular formula is C14H21N3. The van der Waals surface area contributed by atoms with Crippen LogP contribution in [0.25, 0.3) is 11.4 Å². The number of H-pyrrole nitrogens is 1. The monoisotopic (exact) mass is 231 g/mol. The van der Waals surface area contributed by atoms with Crippen LogP contribution in [-0.2, 0) is 0 Å². The van der Waals surface area contributed by atoms with Crippen LogP contribution in [0.2, 0.25) is 0 Å². The molecule has 0 aliphatic carbocycles. The van der Waals surface area contributed by atoms with Crippen molar-refractivity contribution in [3.05, 3.63) is 36.2 Å². The summed E-state index contributed by atoms with van der Waals surface area (Å²) in [6.45, 7) is 6.71. The lowest BCUT2D eigenvalue weighted by Crippen LogP contribution is -2.07. The summed E-state index contributed by atoms with van der Waals surface area (Å²) in [6, 6.07) is 8.16. The molecule has 0 radical (unpaired) electrons. The molecule has 0 unspecified atom stereocenters. The normalized spacial score (nSPS) is 12.9. The molecule has 92 valence electrons. The summed E-state index contributed by atoms with van der Waals surface area (Å²) in [4.78, 5) is 4.74. The number of nitrogens with zero attached hydrogens (tertiary/aromatic N) is 2. The summed E-state index contributed by atoms with van der Waals surface area (Å²) in [5.74, 6) is 1.14. The molecule has 0 amide bonds. The van der Waals surface area contributed by atoms with Crippen LogP contribution >= 0.6 is 0 Å². The van der Waals surface area contributed by atoms with Gasteiger partial charge in [-0.3, -0.25) is 10.1 Å². The van der Waals surface area contributed by atoms with Gasteiger partial charge in [-0.25, -0.2) is 0 Å². The van der Waals surface area contributed by atoms with E-state index in [1.807, 2.05) is 12.1 Å². The van der Waals surface area contributed by atoms with Crippen LogP contribution in [-0.4, -0.2) is 15.2 Å². The number of hydrogen-bond acceptors (Lipinski definition) is 2. The fraction of sp³-hybridized carbons (Fsp3) is 0.429. The highest BCUT2D eigenvalue weighted by atomic mass is 15.1. The topological polar surface area (TPSA) is 41.6 Å². The lowest BCUT2D eigenvalue weighted by Gasteiger charge is -2.18. The van der Waals surface area contributed by atoms with Gasteiger partial charge in [0.15, 0.2) is 0 Å². The van der Waals surface area contributed by atoms with Crippen molar-refractivity contribution in [3.63, 3.8) is 0 Å². The van der Waals surface area contributed by atoms with Crippen molar-refractivity contribution in [1.82, 2.24) is 15.2 Å². The molecule has 2 aromatic heterocycles. The molecule has 0 aliphatic rings. The maximum atomic E-state index is 4.74. The summed E-state index contributed by atoms with van der Waals surface area (Å²) < 4.78 is 0. The molecule has 0 saturated heterocycles. The summed E-state index contributed by atoms with van der Waals surface area (Å²) in [7, 11) is 0. The largest absolute Gasteiger partial charge is 0.276 e. The van der Waals surface area contributed by atoms with E-state index >= 15 is 0 Å². The number of rotatable bonds is 4. The maximum Gasteiger partial charge on any atom is 0.0883 e. The van der Waals surface area contributed by atoms with Gasteiger partial charge in [-0.2, -0.15) is 5.10 Å². The van der Waals surface area contributed by atoms with E-state index in [0.29, 0.717) is 11.8 Å². The Hall–Kier alpha value is -1.64. The molecule has 0 saturated carbocycles. The SMILES string of the molecule is CC[C@H](c1cccc(-c2ccn[nH]2)n1)C(C)C.[HH]. The van der Waals surface area contributed by atoms with Gasteiger partial charge < -0.3 is 0 Å². The highest BCUT2D eigenvalue weighted by Gasteiger charge is 2.15. The van der Waals surface area contributed by atoms with E-state index in [9.17, 15) is 0 Å². The van der Waals surface area contributed by atoms with E-state index in [1.165, 1.54) is 5.69 Å². The zero-order chi connectivity index (χ0) is 12.3. The van der Waals surface area contributed by atoms with Crippen molar-refractivity contribution in [2.24, 2.45) is 5.92 Å². The lowest BCUT2D eigenvalue weighted by molar-refractivity contribution is 0.475. The fourth-order valence-corrected chi connectivity index (χ4v) is 2.23. The molecule has 3 heteroatoms. The third-order valence-electron chi connectivity index (χ3n) is 3.17. The first-order chi connectivity index (χ1) is 8.22. The highest BCUT2D eigenvalue weighted by Crippen LogP contribution is 2.27. The standard InChI is InChI=1S/C14H19N3.H2/c1-4-11(10(2)3)12-6-5-7-13(16-12)14-8-9-15-17-14;/h5-11H,4H2,1-3H3,(H,15,17);1H/t11-;/m0./s1. The first-order valence-corrected chi connectivity index (χ1v) is 6.19. The second-order valence-corrected chi connectivity index (χ2v) is 4.68. The molecule has 2 aromatic rings. The minimum Gasteiger partial charge on any atom is -0.276 e. The molecule has 17 heavy (non-hydrogen) atoms. The Balaban J connectivity index is 0.00000162. The number of aromatic amines is 1. The average Bonchev–Trinajstić information content (AvgIpc) is 2.83. The first kappa shape index (κ1) is 11.8. The Morgan fingerprint density at radius 1 is 1.29 bits per heavy atom. The van der Waals surface area contributed by atoms with Crippen LogP contribution in [0.3, 0.4) is 0 Å². The van der Waals surface area contributed by atoms with Crippen LogP contribution in [0.5, 0.6) is 0 Å². The first-order valence-electron chi connectivity index (χ1n) is 6.19. The average molecular weight is 231 g/mol. The molecule has 1 atom stereocenters. The molecule has 0 fully saturated rings. The summed E-state index contributed by atoms with van der Waals surface area (Å²) in [5, 5.41) is 6.92. The molecule has 1 N–H and O–H groups in total. The smallest absolute Gasteiger partial charge is 0.0883 e. The summed E-state index contributed by atoms with van der Waals surface area (Å²) >= 11 is 0. The number of hydrogen-bond donors (Lipinski definition) is 1. The van der Waals surface area contributed by atoms with E-state index < -0.39 is 0 Å². The summed E-state index contributed by atoms with van der Waals surface area (Å²) in [5.41, 5.74) is 3.12. The molecular weight excluding hydrogens is 210 g/mol. The lowest BCUT2D eigenvalue weighted by atomic mass is 9.89. The van der Waals surface area contributed by atoms with Crippen molar-refractivity contribution in [1.29, 1.82) is 0 Å². The second kappa shape index (κ2) is 5.13. The highest BCUT2D eigenvalue weighted by molar-refractivity contribution is 5.53. The summed E-state index contributed by atoms with van der Waals surface area (Å²) in [6.07, 6.45) is 2.88. The van der Waals surface area contributed by atoms with Crippen molar-refractivity contribution in [2.45, 2.75) is 33.1 Å². The molecule has 0 spiro atoms. The van der Waals surface area contributed by atoms with Gasteiger partial charge in [0.25, 0.3) is 0 Å². The van der Waals surface area contributed by atoms with E-state index in [0.717, 1.165) is 17.8 Å². The van der Waals surface area contributed by atoms with E-state index in [-0.39, 0.29) is 1.43 Å².